The van der Waals surface area contributed by atoms with E-state index in [-0.39, 0.29) is 30.4 Å². The highest BCUT2D eigenvalue weighted by molar-refractivity contribution is 9.10. The van der Waals surface area contributed by atoms with Gasteiger partial charge < -0.3 is 10.2 Å². The molecule has 0 saturated carbocycles. The van der Waals surface area contributed by atoms with Crippen LogP contribution in [0.4, 0.5) is 5.69 Å². The molecular formula is C18H19BrClN3O3S. The Hall–Kier alpha value is -1.61. The molecule has 1 fully saturated rings. The minimum absolute atomic E-state index is 0.0542. The monoisotopic (exact) mass is 471 g/mol. The Morgan fingerprint density at radius 3 is 2.19 bits per heavy atom. The third-order valence-corrected chi connectivity index (χ3v) is 7.02. The molecule has 2 aromatic carbocycles. The first-order valence-corrected chi connectivity index (χ1v) is 11.0. The smallest absolute Gasteiger partial charge is 0.243 e. The van der Waals surface area contributed by atoms with Crippen molar-refractivity contribution in [3.63, 3.8) is 0 Å². The van der Waals surface area contributed by atoms with Gasteiger partial charge in [-0.15, -0.1) is 0 Å². The Bertz CT molecular complexity index is 896. The summed E-state index contributed by atoms with van der Waals surface area (Å²) in [4.78, 5) is 14.3. The van der Waals surface area contributed by atoms with Crippen LogP contribution in [0.3, 0.4) is 0 Å². The number of nitrogens with zero attached hydrogens (tertiary/aromatic N) is 2. The number of carbonyl (C=O) groups excluding carboxylic acids is 1. The molecule has 0 aliphatic carbocycles. The van der Waals surface area contributed by atoms with E-state index >= 15 is 0 Å². The van der Waals surface area contributed by atoms with Crippen molar-refractivity contribution in [2.75, 3.05) is 38.0 Å². The topological polar surface area (TPSA) is 69.7 Å². The molecule has 1 amide bonds. The van der Waals surface area contributed by atoms with Crippen molar-refractivity contribution in [1.82, 2.24) is 9.21 Å². The molecule has 2 aromatic rings. The zero-order valence-corrected chi connectivity index (χ0v) is 17.6. The molecule has 6 nitrogen and oxygen atoms in total. The number of halogens is 2. The van der Waals surface area contributed by atoms with Gasteiger partial charge in [0.15, 0.2) is 0 Å². The highest BCUT2D eigenvalue weighted by Crippen LogP contribution is 2.20. The summed E-state index contributed by atoms with van der Waals surface area (Å²) >= 11 is 9.19. The van der Waals surface area contributed by atoms with Gasteiger partial charge in [-0.1, -0.05) is 27.5 Å². The molecule has 0 aromatic heterocycles. The van der Waals surface area contributed by atoms with Crippen LogP contribution in [-0.4, -0.2) is 56.3 Å². The number of benzene rings is 2. The summed E-state index contributed by atoms with van der Waals surface area (Å²) < 4.78 is 27.7. The Balaban J connectivity index is 1.54. The maximum Gasteiger partial charge on any atom is 0.243 e. The largest absolute Gasteiger partial charge is 0.376 e. The van der Waals surface area contributed by atoms with Gasteiger partial charge in [0.1, 0.15) is 0 Å². The average molecular weight is 473 g/mol. The van der Waals surface area contributed by atoms with Crippen molar-refractivity contribution in [3.05, 3.63) is 58.0 Å². The second-order valence-corrected chi connectivity index (χ2v) is 9.39. The van der Waals surface area contributed by atoms with E-state index in [2.05, 4.69) is 21.2 Å². The molecule has 0 radical (unpaired) electrons. The second-order valence-electron chi connectivity index (χ2n) is 6.10. The summed E-state index contributed by atoms with van der Waals surface area (Å²) in [6.45, 7) is 1.46. The van der Waals surface area contributed by atoms with E-state index in [0.29, 0.717) is 18.1 Å². The third kappa shape index (κ3) is 5.01. The SMILES string of the molecule is O=C(CNc1ccc(Br)cc1)N1CCN(S(=O)(=O)c2ccc(Cl)cc2)CC1. The first kappa shape index (κ1) is 20.1. The van der Waals surface area contributed by atoms with E-state index in [1.54, 1.807) is 17.0 Å². The molecule has 0 atom stereocenters. The first-order chi connectivity index (χ1) is 12.9. The van der Waals surface area contributed by atoms with Gasteiger partial charge in [0.2, 0.25) is 15.9 Å². The Kier molecular flexibility index (Phi) is 6.41. The lowest BCUT2D eigenvalue weighted by Gasteiger charge is -2.34. The van der Waals surface area contributed by atoms with Crippen LogP contribution in [0, 0.1) is 0 Å². The van der Waals surface area contributed by atoms with Crippen molar-refractivity contribution in [3.8, 4) is 0 Å². The molecule has 27 heavy (non-hydrogen) atoms. The van der Waals surface area contributed by atoms with E-state index in [0.717, 1.165) is 10.2 Å². The number of piperazine rings is 1. The van der Waals surface area contributed by atoms with Gasteiger partial charge in [-0.25, -0.2) is 8.42 Å². The van der Waals surface area contributed by atoms with Crippen molar-refractivity contribution < 1.29 is 13.2 Å². The molecule has 9 heteroatoms. The van der Waals surface area contributed by atoms with Gasteiger partial charge in [0.05, 0.1) is 11.4 Å². The molecule has 1 aliphatic rings. The van der Waals surface area contributed by atoms with E-state index < -0.39 is 10.0 Å². The first-order valence-electron chi connectivity index (χ1n) is 8.39. The Morgan fingerprint density at radius 2 is 1.59 bits per heavy atom. The number of anilines is 1. The number of nitrogens with one attached hydrogen (secondary N) is 1. The van der Waals surface area contributed by atoms with Crippen LogP contribution >= 0.6 is 27.5 Å². The van der Waals surface area contributed by atoms with E-state index in [1.165, 1.54) is 16.4 Å². The molecule has 1 N–H and O–H groups in total. The van der Waals surface area contributed by atoms with Crippen molar-refractivity contribution in [2.45, 2.75) is 4.90 Å². The van der Waals surface area contributed by atoms with Gasteiger partial charge in [-0.05, 0) is 48.5 Å². The van der Waals surface area contributed by atoms with Gasteiger partial charge in [-0.3, -0.25) is 4.79 Å². The van der Waals surface area contributed by atoms with Crippen molar-refractivity contribution in [1.29, 1.82) is 0 Å². The molecule has 3 rings (SSSR count). The van der Waals surface area contributed by atoms with Crippen molar-refractivity contribution in [2.24, 2.45) is 0 Å². The molecule has 0 unspecified atom stereocenters. The highest BCUT2D eigenvalue weighted by atomic mass is 79.9. The maximum absolute atomic E-state index is 12.7. The number of amides is 1. The summed E-state index contributed by atoms with van der Waals surface area (Å²) in [6.07, 6.45) is 0. The van der Waals surface area contributed by atoms with Crippen LogP contribution in [0.25, 0.3) is 0 Å². The lowest BCUT2D eigenvalue weighted by molar-refractivity contribution is -0.130. The molecule has 1 aliphatic heterocycles. The quantitative estimate of drug-likeness (QED) is 0.726. The standard InChI is InChI=1S/C18H19BrClN3O3S/c19-14-1-5-16(6-2-14)21-13-18(24)22-9-11-23(12-10-22)27(25,26)17-7-3-15(20)4-8-17/h1-8,21H,9-13H2. The van der Waals surface area contributed by atoms with Gasteiger partial charge in [0, 0.05) is 41.4 Å². The van der Waals surface area contributed by atoms with Crippen LogP contribution in [0.1, 0.15) is 0 Å². The third-order valence-electron chi connectivity index (χ3n) is 4.33. The number of hydrogen-bond donors (Lipinski definition) is 1. The summed E-state index contributed by atoms with van der Waals surface area (Å²) in [5, 5.41) is 3.57. The lowest BCUT2D eigenvalue weighted by Crippen LogP contribution is -2.51. The molecule has 0 bridgehead atoms. The minimum atomic E-state index is -3.57. The van der Waals surface area contributed by atoms with Crippen LogP contribution in [0.2, 0.25) is 5.02 Å². The predicted octanol–water partition coefficient (Wildman–Crippen LogP) is 3.05. The van der Waals surface area contributed by atoms with Gasteiger partial charge in [0.25, 0.3) is 0 Å². The molecule has 0 spiro atoms. The highest BCUT2D eigenvalue weighted by Gasteiger charge is 2.29. The molecule has 144 valence electrons. The molecular weight excluding hydrogens is 454 g/mol. The average Bonchev–Trinajstić information content (AvgIpc) is 2.68. The zero-order valence-electron chi connectivity index (χ0n) is 14.4. The predicted molar refractivity (Wildman–Crippen MR) is 109 cm³/mol. The fourth-order valence-electron chi connectivity index (χ4n) is 2.79. The normalized spacial score (nSPS) is 15.6. The van der Waals surface area contributed by atoms with E-state index in [1.807, 2.05) is 24.3 Å². The fourth-order valence-corrected chi connectivity index (χ4v) is 4.60. The van der Waals surface area contributed by atoms with Gasteiger partial charge in [-0.2, -0.15) is 4.31 Å². The Labute approximate surface area is 172 Å². The molecule has 1 saturated heterocycles. The van der Waals surface area contributed by atoms with E-state index in [9.17, 15) is 13.2 Å². The number of carbonyl (C=O) groups is 1. The zero-order chi connectivity index (χ0) is 19.4. The second kappa shape index (κ2) is 8.60. The minimum Gasteiger partial charge on any atom is -0.376 e. The number of sulfonamides is 1. The van der Waals surface area contributed by atoms with Crippen LogP contribution in [-0.2, 0) is 14.8 Å². The summed E-state index contributed by atoms with van der Waals surface area (Å²) in [5.41, 5.74) is 0.857. The lowest BCUT2D eigenvalue weighted by atomic mass is 10.3. The van der Waals surface area contributed by atoms with Crippen molar-refractivity contribution >= 4 is 49.1 Å². The maximum atomic E-state index is 12.7. The van der Waals surface area contributed by atoms with Crippen LogP contribution in [0.5, 0.6) is 0 Å². The fraction of sp³-hybridized carbons (Fsp3) is 0.278. The van der Waals surface area contributed by atoms with Gasteiger partial charge >= 0.3 is 0 Å². The summed E-state index contributed by atoms with van der Waals surface area (Å²) in [5.74, 6) is -0.0542. The number of rotatable bonds is 5. The summed E-state index contributed by atoms with van der Waals surface area (Å²) in [7, 11) is -3.57. The Morgan fingerprint density at radius 1 is 1.00 bits per heavy atom. The molecule has 1 heterocycles. The van der Waals surface area contributed by atoms with Crippen LogP contribution in [0.15, 0.2) is 57.9 Å². The van der Waals surface area contributed by atoms with Crippen LogP contribution < -0.4 is 5.32 Å². The van der Waals surface area contributed by atoms with E-state index in [4.69, 9.17) is 11.6 Å². The summed E-state index contributed by atoms with van der Waals surface area (Å²) in [6, 6.07) is 13.7. The number of hydrogen-bond acceptors (Lipinski definition) is 4.